The van der Waals surface area contributed by atoms with Gasteiger partial charge in [-0.2, -0.15) is 0 Å². The number of hydrogen-bond acceptors (Lipinski definition) is 20. The van der Waals surface area contributed by atoms with Crippen LogP contribution in [0, 0.1) is 0 Å². The lowest BCUT2D eigenvalue weighted by Gasteiger charge is -2.29. The molecular formula is C71H75ClN16O9S2. The second-order valence-electron chi connectivity index (χ2n) is 24.9. The Balaban J connectivity index is 0.000000141. The monoisotopic (exact) mass is 1390 g/mol. The first kappa shape index (κ1) is 68.9. The SMILES string of the molecule is CS(=O)(=O)Nc1cccc(C(=O)c2c[nH]c3ncnc(NC4CCC(N)CC4)c23)c1.NC1CCC(Nc2ncnc3[nH]cc(C(=O)c4cccc(NS(=O)(=O)c5ccccc5)c4)c23)CC1.O=C(c1ccc(Cc2ccccc2)cc1Cl)c1c[nH]c2ncnc(N[C@@H]3CC[C@@H](CO)OC3)c12. The summed E-state index contributed by atoms with van der Waals surface area (Å²) in [6.45, 7) is 0.477. The summed E-state index contributed by atoms with van der Waals surface area (Å²) in [5.74, 6) is 1.07. The van der Waals surface area contributed by atoms with Gasteiger partial charge in [0.25, 0.3) is 10.0 Å². The topological polar surface area (TPSA) is 386 Å². The summed E-state index contributed by atoms with van der Waals surface area (Å²) in [6.07, 6.45) is 20.1. The fourth-order valence-corrected chi connectivity index (χ4v) is 14.5. The summed E-state index contributed by atoms with van der Waals surface area (Å²) in [5.41, 5.74) is 19.0. The zero-order chi connectivity index (χ0) is 69.2. The van der Waals surface area contributed by atoms with Gasteiger partial charge in [-0.3, -0.25) is 23.8 Å². The lowest BCUT2D eigenvalue weighted by molar-refractivity contribution is -0.0224. The number of carbonyl (C=O) groups is 3. The molecule has 25 nitrogen and oxygen atoms in total. The molecule has 512 valence electrons. The van der Waals surface area contributed by atoms with Crippen molar-refractivity contribution in [1.82, 2.24) is 44.9 Å². The zero-order valence-electron chi connectivity index (χ0n) is 54.0. The van der Waals surface area contributed by atoms with E-state index in [1.807, 2.05) is 30.3 Å². The van der Waals surface area contributed by atoms with E-state index in [4.69, 9.17) is 27.8 Å². The third kappa shape index (κ3) is 16.9. The van der Waals surface area contributed by atoms with Crippen LogP contribution >= 0.6 is 11.6 Å². The fourth-order valence-electron chi connectivity index (χ4n) is 12.5. The van der Waals surface area contributed by atoms with Gasteiger partial charge in [0.15, 0.2) is 17.3 Å². The number of hydrogen-bond donors (Lipinski definition) is 11. The molecule has 3 fully saturated rings. The third-order valence-corrected chi connectivity index (χ3v) is 20.0. The summed E-state index contributed by atoms with van der Waals surface area (Å²) in [4.78, 5) is 75.5. The number of aliphatic hydroxyl groups is 1. The van der Waals surface area contributed by atoms with E-state index in [-0.39, 0.29) is 65.2 Å². The van der Waals surface area contributed by atoms with Crippen LogP contribution in [0.1, 0.15) is 123 Å². The molecule has 14 rings (SSSR count). The molecule has 28 heteroatoms. The summed E-state index contributed by atoms with van der Waals surface area (Å²) in [7, 11) is -7.22. The minimum atomic E-state index is -3.78. The number of ether oxygens (including phenoxy) is 1. The minimum absolute atomic E-state index is 0.0197. The Morgan fingerprint density at radius 1 is 0.515 bits per heavy atom. The van der Waals surface area contributed by atoms with Crippen LogP contribution < -0.4 is 36.9 Å². The number of fused-ring (bicyclic) bond motifs is 3. The maximum absolute atomic E-state index is 13.5. The van der Waals surface area contributed by atoms with E-state index in [0.29, 0.717) is 107 Å². The van der Waals surface area contributed by atoms with Gasteiger partial charge in [-0.05, 0) is 130 Å². The Morgan fingerprint density at radius 2 is 0.970 bits per heavy atom. The van der Waals surface area contributed by atoms with E-state index in [2.05, 4.69) is 82.4 Å². The molecule has 2 aliphatic carbocycles. The first-order valence-electron chi connectivity index (χ1n) is 32.5. The zero-order valence-corrected chi connectivity index (χ0v) is 56.4. The fraction of sp³-hybridized carbons (Fsp3) is 0.282. The number of aromatic amines is 3. The molecular weight excluding hydrogens is 1320 g/mol. The van der Waals surface area contributed by atoms with Gasteiger partial charge in [0, 0.05) is 70.8 Å². The lowest BCUT2D eigenvalue weighted by Crippen LogP contribution is -2.36. The van der Waals surface area contributed by atoms with Crippen LogP contribution in [0.25, 0.3) is 33.1 Å². The van der Waals surface area contributed by atoms with Crippen molar-refractivity contribution >= 4 is 111 Å². The maximum Gasteiger partial charge on any atom is 0.261 e. The van der Waals surface area contributed by atoms with E-state index >= 15 is 0 Å². The third-order valence-electron chi connectivity index (χ3n) is 17.7. The Kier molecular flexibility index (Phi) is 21.5. The minimum Gasteiger partial charge on any atom is -0.394 e. The van der Waals surface area contributed by atoms with E-state index < -0.39 is 20.0 Å². The molecule has 5 aromatic carbocycles. The quantitative estimate of drug-likeness (QED) is 0.0316. The molecule has 0 radical (unpaired) electrons. The molecule has 3 aliphatic rings. The van der Waals surface area contributed by atoms with Gasteiger partial charge in [-0.25, -0.2) is 46.7 Å². The van der Waals surface area contributed by atoms with Gasteiger partial charge in [0.2, 0.25) is 10.0 Å². The molecule has 0 bridgehead atoms. The van der Waals surface area contributed by atoms with Gasteiger partial charge in [-0.1, -0.05) is 90.5 Å². The van der Waals surface area contributed by atoms with Crippen LogP contribution in [-0.2, 0) is 31.2 Å². The number of H-pyrrole nitrogens is 3. The number of nitrogens with zero attached hydrogens (tertiary/aromatic N) is 6. The van der Waals surface area contributed by atoms with Crippen LogP contribution in [0.2, 0.25) is 5.02 Å². The summed E-state index contributed by atoms with van der Waals surface area (Å²) >= 11 is 6.57. The van der Waals surface area contributed by atoms with Crippen LogP contribution in [0.4, 0.5) is 28.8 Å². The lowest BCUT2D eigenvalue weighted by atomic mass is 9.92. The van der Waals surface area contributed by atoms with Crippen molar-refractivity contribution in [3.05, 3.63) is 214 Å². The molecule has 1 saturated heterocycles. The molecule has 2 atom stereocenters. The molecule has 7 heterocycles. The normalized spacial score (nSPS) is 18.6. The number of ketones is 3. The first-order valence-corrected chi connectivity index (χ1v) is 36.3. The summed E-state index contributed by atoms with van der Waals surface area (Å²) < 4.78 is 59.0. The molecule has 0 unspecified atom stereocenters. The largest absolute Gasteiger partial charge is 0.394 e. The van der Waals surface area contributed by atoms with Gasteiger partial charge in [-0.15, -0.1) is 0 Å². The number of rotatable bonds is 20. The highest BCUT2D eigenvalue weighted by Gasteiger charge is 2.28. The highest BCUT2D eigenvalue weighted by molar-refractivity contribution is 7.92. The number of sulfonamides is 2. The maximum atomic E-state index is 13.5. The van der Waals surface area contributed by atoms with Crippen LogP contribution in [0.15, 0.2) is 170 Å². The number of halogens is 1. The Bertz CT molecular complexity index is 4920. The van der Waals surface area contributed by atoms with Crippen LogP contribution in [0.3, 0.4) is 0 Å². The van der Waals surface area contributed by atoms with E-state index in [1.54, 1.807) is 79.3 Å². The number of nitrogens with one attached hydrogen (secondary N) is 8. The molecule has 99 heavy (non-hydrogen) atoms. The Hall–Kier alpha value is -10.0. The van der Waals surface area contributed by atoms with Gasteiger partial charge in [0.05, 0.1) is 74.4 Å². The average molecular weight is 1400 g/mol. The predicted octanol–water partition coefficient (Wildman–Crippen LogP) is 10.3. The summed E-state index contributed by atoms with van der Waals surface area (Å²) in [6, 6.07) is 37.6. The van der Waals surface area contributed by atoms with Crippen molar-refractivity contribution in [3.8, 4) is 0 Å². The second kappa shape index (κ2) is 30.8. The number of anilines is 5. The van der Waals surface area contributed by atoms with Crippen LogP contribution in [-0.4, -0.2) is 140 Å². The van der Waals surface area contributed by atoms with Crippen LogP contribution in [0.5, 0.6) is 0 Å². The van der Waals surface area contributed by atoms with E-state index in [9.17, 15) is 36.3 Å². The number of benzene rings is 5. The number of carbonyl (C=O) groups excluding carboxylic acids is 3. The molecule has 13 N–H and O–H groups in total. The molecule has 6 aromatic heterocycles. The van der Waals surface area contributed by atoms with E-state index in [0.717, 1.165) is 82.4 Å². The van der Waals surface area contributed by atoms with Crippen molar-refractivity contribution in [2.24, 2.45) is 11.5 Å². The number of nitrogens with two attached hydrogens (primary N) is 2. The van der Waals surface area contributed by atoms with Gasteiger partial charge >= 0.3 is 0 Å². The number of aliphatic hydroxyl groups excluding tert-OH is 1. The van der Waals surface area contributed by atoms with Crippen molar-refractivity contribution < 1.29 is 41.1 Å². The highest BCUT2D eigenvalue weighted by Crippen LogP contribution is 2.34. The molecule has 1 aliphatic heterocycles. The van der Waals surface area contributed by atoms with E-state index in [1.165, 1.54) is 48.8 Å². The highest BCUT2D eigenvalue weighted by atomic mass is 35.5. The number of aromatic nitrogens is 9. The second-order valence-corrected chi connectivity index (χ2v) is 28.8. The standard InChI is InChI=1S/C26H25ClN4O3.C25H26N6O3S.C20H24N6O3S/c27-22-11-17(10-16-4-2-1-3-5-16)6-9-20(22)24(33)21-12-28-25-23(21)26(30-15-29-25)31-18-7-8-19(13-32)34-14-18;26-17-9-11-18(12-10-17)30-25-22-21(14-27-24(22)28-15-29-25)23(32)16-5-4-6-19(13-16)31-35(33,34)20-7-2-1-3-8-20;1-30(28,29)26-15-4-2-3-12(9-15)18(27)16-10-22-19-17(16)20(24-11-23-19)25-14-7-5-13(21)6-8-14/h1-6,9,11-12,15,18-19,32H,7-8,10,13-14H2,(H2,28,29,30,31);1-8,13-15,17-18,31H,9-12,26H2,(H2,27,28,29,30);2-4,9-11,13-14,26H,5-8,21H2,1H3,(H2,22,23,24,25)/t18-,19+;;/m1../s1. The molecule has 2 saturated carbocycles. The average Bonchev–Trinajstić information content (AvgIpc) is 1.66. The van der Waals surface area contributed by atoms with Crippen molar-refractivity contribution in [2.45, 2.75) is 112 Å². The first-order chi connectivity index (χ1) is 47.8. The van der Waals surface area contributed by atoms with Gasteiger partial charge < -0.3 is 52.2 Å². The molecule has 0 spiro atoms. The Morgan fingerprint density at radius 3 is 1.42 bits per heavy atom. The summed E-state index contributed by atoms with van der Waals surface area (Å²) in [5, 5.41) is 21.9. The van der Waals surface area contributed by atoms with Crippen molar-refractivity contribution in [2.75, 3.05) is 44.9 Å². The van der Waals surface area contributed by atoms with Crippen molar-refractivity contribution in [1.29, 1.82) is 0 Å². The smallest absolute Gasteiger partial charge is 0.261 e. The van der Waals surface area contributed by atoms with Crippen molar-refractivity contribution in [3.63, 3.8) is 0 Å². The Labute approximate surface area is 576 Å². The molecule has 11 aromatic rings. The predicted molar refractivity (Wildman–Crippen MR) is 382 cm³/mol. The molecule has 0 amide bonds. The van der Waals surface area contributed by atoms with Gasteiger partial charge in [0.1, 0.15) is 53.4 Å².